The maximum Gasteiger partial charge on any atom is 0.307 e. The van der Waals surface area contributed by atoms with E-state index in [-0.39, 0.29) is 6.42 Å². The molecule has 0 atom stereocenters. The number of carboxylic acids is 1. The van der Waals surface area contributed by atoms with Crippen molar-refractivity contribution in [3.8, 4) is 11.1 Å². The molecule has 1 saturated heterocycles. The van der Waals surface area contributed by atoms with Crippen LogP contribution in [-0.2, 0) is 11.2 Å². The van der Waals surface area contributed by atoms with E-state index in [1.54, 1.807) is 20.8 Å². The van der Waals surface area contributed by atoms with Gasteiger partial charge in [0.25, 0.3) is 0 Å². The molecule has 32 heavy (non-hydrogen) atoms. The average molecular weight is 434 g/mol. The lowest BCUT2D eigenvalue weighted by molar-refractivity contribution is -0.136. The van der Waals surface area contributed by atoms with Gasteiger partial charge in [-0.1, -0.05) is 42.5 Å². The predicted octanol–water partition coefficient (Wildman–Crippen LogP) is 6.21. The van der Waals surface area contributed by atoms with Gasteiger partial charge in [-0.2, -0.15) is 0 Å². The lowest BCUT2D eigenvalue weighted by atomic mass is 9.88. The van der Waals surface area contributed by atoms with Crippen molar-refractivity contribution in [2.45, 2.75) is 59.0 Å². The van der Waals surface area contributed by atoms with Crippen LogP contribution in [0.15, 0.2) is 54.6 Å². The van der Waals surface area contributed by atoms with E-state index in [1.807, 2.05) is 19.1 Å². The fraction of sp³-hybridized carbons (Fsp3) is 0.393. The van der Waals surface area contributed by atoms with Gasteiger partial charge in [0.2, 0.25) is 0 Å². The van der Waals surface area contributed by atoms with E-state index in [9.17, 15) is 9.90 Å². The Balaban J connectivity index is 0.000000523. The normalized spacial score (nSPS) is 14.1. The van der Waals surface area contributed by atoms with E-state index in [4.69, 9.17) is 5.11 Å². The minimum absolute atomic E-state index is 0.0416. The van der Waals surface area contributed by atoms with Gasteiger partial charge >= 0.3 is 5.97 Å². The van der Waals surface area contributed by atoms with E-state index in [0.29, 0.717) is 0 Å². The molecule has 0 unspecified atom stereocenters. The molecule has 170 valence electrons. The Morgan fingerprint density at radius 3 is 2.28 bits per heavy atom. The van der Waals surface area contributed by atoms with Crippen LogP contribution in [0.1, 0.15) is 51.2 Å². The Morgan fingerprint density at radius 2 is 1.62 bits per heavy atom. The largest absolute Gasteiger partial charge is 0.481 e. The number of aliphatic carboxylic acids is 1. The zero-order chi connectivity index (χ0) is 23.3. The molecule has 4 heteroatoms. The van der Waals surface area contributed by atoms with Gasteiger partial charge in [0.15, 0.2) is 0 Å². The lowest BCUT2D eigenvalue weighted by Crippen LogP contribution is -2.29. The Bertz CT molecular complexity index is 1070. The molecule has 1 fully saturated rings. The molecular weight excluding hydrogens is 398 g/mol. The Morgan fingerprint density at radius 1 is 0.969 bits per heavy atom. The standard InChI is InChI=1S/C24H25NO2.C4H10O/c1-17-14-18-8-3-4-11-21(18)24(22(17)16-23(26)27)19-9-7-10-20(15-19)25-12-5-2-6-13-25;1-4(2,3)5/h3-4,7-11,14-15H,2,5-6,12-13,16H2,1H3,(H,26,27);5H,1-3H3. The molecule has 0 aliphatic carbocycles. The number of nitrogens with zero attached hydrogens (tertiary/aromatic N) is 1. The van der Waals surface area contributed by atoms with E-state index in [2.05, 4.69) is 47.4 Å². The van der Waals surface area contributed by atoms with Crippen molar-refractivity contribution >= 4 is 22.4 Å². The number of hydrogen-bond donors (Lipinski definition) is 2. The first-order chi connectivity index (χ1) is 15.1. The molecule has 1 aliphatic heterocycles. The van der Waals surface area contributed by atoms with Gasteiger partial charge in [-0.25, -0.2) is 0 Å². The summed E-state index contributed by atoms with van der Waals surface area (Å²) in [6.07, 6.45) is 3.82. The number of carboxylic acid groups (broad SMARTS) is 1. The molecule has 4 nitrogen and oxygen atoms in total. The molecule has 0 bridgehead atoms. The minimum atomic E-state index is -0.790. The molecular formula is C28H35NO3. The monoisotopic (exact) mass is 433 g/mol. The van der Waals surface area contributed by atoms with Gasteiger partial charge in [0.1, 0.15) is 0 Å². The third-order valence-electron chi connectivity index (χ3n) is 5.56. The first-order valence-corrected chi connectivity index (χ1v) is 11.4. The van der Waals surface area contributed by atoms with Gasteiger partial charge in [0.05, 0.1) is 12.0 Å². The van der Waals surface area contributed by atoms with Crippen LogP contribution in [0.25, 0.3) is 21.9 Å². The molecule has 2 N–H and O–H groups in total. The number of hydrogen-bond acceptors (Lipinski definition) is 3. The summed E-state index contributed by atoms with van der Waals surface area (Å²) in [5.74, 6) is -0.790. The highest BCUT2D eigenvalue weighted by Gasteiger charge is 2.17. The fourth-order valence-electron chi connectivity index (χ4n) is 4.25. The van der Waals surface area contributed by atoms with Crippen molar-refractivity contribution in [2.24, 2.45) is 0 Å². The van der Waals surface area contributed by atoms with Gasteiger partial charge in [-0.3, -0.25) is 4.79 Å². The van der Waals surface area contributed by atoms with Crippen molar-refractivity contribution in [1.29, 1.82) is 0 Å². The minimum Gasteiger partial charge on any atom is -0.481 e. The van der Waals surface area contributed by atoms with Crippen LogP contribution in [0, 0.1) is 6.92 Å². The molecule has 1 heterocycles. The van der Waals surface area contributed by atoms with Gasteiger partial charge in [-0.15, -0.1) is 0 Å². The number of aliphatic hydroxyl groups is 1. The number of aryl methyl sites for hydroxylation is 1. The van der Waals surface area contributed by atoms with E-state index >= 15 is 0 Å². The molecule has 3 aromatic rings. The van der Waals surface area contributed by atoms with Crippen molar-refractivity contribution in [3.05, 3.63) is 65.7 Å². The Labute approximate surface area is 191 Å². The molecule has 0 spiro atoms. The zero-order valence-corrected chi connectivity index (χ0v) is 19.7. The zero-order valence-electron chi connectivity index (χ0n) is 19.7. The van der Waals surface area contributed by atoms with Gasteiger partial charge in [0, 0.05) is 18.8 Å². The number of fused-ring (bicyclic) bond motifs is 1. The second kappa shape index (κ2) is 10.2. The van der Waals surface area contributed by atoms with E-state index in [1.165, 1.54) is 24.9 Å². The average Bonchev–Trinajstić information content (AvgIpc) is 2.73. The first kappa shape index (κ1) is 23.8. The highest BCUT2D eigenvalue weighted by atomic mass is 16.4. The van der Waals surface area contributed by atoms with Crippen LogP contribution < -0.4 is 4.90 Å². The van der Waals surface area contributed by atoms with Gasteiger partial charge in [-0.05, 0) is 92.1 Å². The summed E-state index contributed by atoms with van der Waals surface area (Å²) in [7, 11) is 0. The third-order valence-corrected chi connectivity index (χ3v) is 5.56. The lowest BCUT2D eigenvalue weighted by Gasteiger charge is -2.29. The highest BCUT2D eigenvalue weighted by molar-refractivity contribution is 6.00. The van der Waals surface area contributed by atoms with E-state index in [0.717, 1.165) is 46.1 Å². The molecule has 3 aromatic carbocycles. The summed E-state index contributed by atoms with van der Waals surface area (Å²) in [6, 6.07) is 19.0. The molecule has 0 aromatic heterocycles. The third kappa shape index (κ3) is 6.33. The van der Waals surface area contributed by atoms with Crippen LogP contribution in [0.3, 0.4) is 0 Å². The highest BCUT2D eigenvalue weighted by Crippen LogP contribution is 2.36. The first-order valence-electron chi connectivity index (χ1n) is 11.4. The second-order valence-electron chi connectivity index (χ2n) is 9.61. The van der Waals surface area contributed by atoms with Crippen molar-refractivity contribution in [3.63, 3.8) is 0 Å². The van der Waals surface area contributed by atoms with Crippen molar-refractivity contribution < 1.29 is 15.0 Å². The fourth-order valence-corrected chi connectivity index (χ4v) is 4.25. The van der Waals surface area contributed by atoms with Crippen LogP contribution >= 0.6 is 0 Å². The topological polar surface area (TPSA) is 60.8 Å². The molecule has 0 amide bonds. The number of carbonyl (C=O) groups is 1. The summed E-state index contributed by atoms with van der Waals surface area (Å²) < 4.78 is 0. The van der Waals surface area contributed by atoms with Gasteiger partial charge < -0.3 is 15.1 Å². The molecule has 4 rings (SSSR count). The van der Waals surface area contributed by atoms with Crippen LogP contribution in [0.2, 0.25) is 0 Å². The molecule has 1 aliphatic rings. The summed E-state index contributed by atoms with van der Waals surface area (Å²) in [5.41, 5.74) is 4.85. The van der Waals surface area contributed by atoms with E-state index < -0.39 is 11.6 Å². The quantitative estimate of drug-likeness (QED) is 0.513. The molecule has 0 radical (unpaired) electrons. The summed E-state index contributed by atoms with van der Waals surface area (Å²) in [5, 5.41) is 20.3. The van der Waals surface area contributed by atoms with Crippen molar-refractivity contribution in [2.75, 3.05) is 18.0 Å². The maximum atomic E-state index is 11.5. The molecule has 0 saturated carbocycles. The van der Waals surface area contributed by atoms with Crippen LogP contribution in [0.5, 0.6) is 0 Å². The van der Waals surface area contributed by atoms with Crippen molar-refractivity contribution in [1.82, 2.24) is 0 Å². The number of rotatable bonds is 4. The summed E-state index contributed by atoms with van der Waals surface area (Å²) >= 11 is 0. The summed E-state index contributed by atoms with van der Waals surface area (Å²) in [6.45, 7) is 9.44. The second-order valence-corrected chi connectivity index (χ2v) is 9.61. The van der Waals surface area contributed by atoms with Crippen LogP contribution in [-0.4, -0.2) is 34.9 Å². The smallest absolute Gasteiger partial charge is 0.307 e. The Kier molecular flexibility index (Phi) is 7.57. The predicted molar refractivity (Wildman–Crippen MR) is 133 cm³/mol. The number of anilines is 1. The SMILES string of the molecule is CC(C)(C)O.Cc1cc2ccccc2c(-c2cccc(N3CCCCC3)c2)c1CC(=O)O. The summed E-state index contributed by atoms with van der Waals surface area (Å²) in [4.78, 5) is 14.0. The maximum absolute atomic E-state index is 11.5. The number of benzene rings is 3. The van der Waals surface area contributed by atoms with Crippen LogP contribution in [0.4, 0.5) is 5.69 Å². The Hall–Kier alpha value is -2.85. The number of piperidine rings is 1.